The van der Waals surface area contributed by atoms with Gasteiger partial charge in [0.2, 0.25) is 0 Å². The molecule has 0 amide bonds. The predicted molar refractivity (Wildman–Crippen MR) is 289 cm³/mol. The summed E-state index contributed by atoms with van der Waals surface area (Å²) in [5.74, 6) is 1.25. The maximum atomic E-state index is 5.15. The van der Waals surface area contributed by atoms with Crippen molar-refractivity contribution in [2.45, 2.75) is 26.7 Å². The van der Waals surface area contributed by atoms with Gasteiger partial charge in [-0.1, -0.05) is 172 Å². The van der Waals surface area contributed by atoms with E-state index in [1.165, 1.54) is 22.1 Å². The number of para-hydroxylation sites is 5. The lowest BCUT2D eigenvalue weighted by atomic mass is 9.90. The molecule has 0 radical (unpaired) electrons. The van der Waals surface area contributed by atoms with Crippen LogP contribution in [0.25, 0.3) is 83.4 Å². The summed E-state index contributed by atoms with van der Waals surface area (Å²) in [5, 5.41) is 2.34. The van der Waals surface area contributed by atoms with Crippen molar-refractivity contribution in [3.05, 3.63) is 254 Å². The average molecular weight is 889 g/mol. The number of imidazole rings is 1. The van der Waals surface area contributed by atoms with Crippen LogP contribution in [0, 0.1) is 6.92 Å². The summed E-state index contributed by atoms with van der Waals surface area (Å²) in [7, 11) is 0. The van der Waals surface area contributed by atoms with Crippen LogP contribution < -0.4 is 4.90 Å². The largest absolute Gasteiger partial charge is 0.308 e. The minimum Gasteiger partial charge on any atom is -0.308 e. The lowest BCUT2D eigenvalue weighted by Crippen LogP contribution is -2.13. The van der Waals surface area contributed by atoms with Crippen LogP contribution in [0.3, 0.4) is 0 Å². The highest BCUT2D eigenvalue weighted by Gasteiger charge is 2.26. The molecule has 0 N–H and O–H groups in total. The zero-order valence-electron chi connectivity index (χ0n) is 38.9. The molecule has 0 aliphatic heterocycles. The molecular formula is C64H50N5+. The van der Waals surface area contributed by atoms with Crippen molar-refractivity contribution in [1.82, 2.24) is 18.7 Å². The van der Waals surface area contributed by atoms with Gasteiger partial charge in [0.05, 0.1) is 22.4 Å². The second kappa shape index (κ2) is 17.4. The van der Waals surface area contributed by atoms with Crippen molar-refractivity contribution in [1.29, 1.82) is 0 Å². The first-order valence-electron chi connectivity index (χ1n) is 23.8. The zero-order chi connectivity index (χ0) is 46.4. The molecule has 12 rings (SSSR count). The smallest absolute Gasteiger partial charge is 0.168 e. The molecule has 69 heavy (non-hydrogen) atoms. The molecule has 0 fully saturated rings. The second-order valence-electron chi connectivity index (χ2n) is 18.1. The molecule has 0 saturated carbocycles. The highest BCUT2D eigenvalue weighted by atomic mass is 15.2. The molecule has 0 unspecified atom stereocenters. The molecule has 0 aliphatic carbocycles. The third-order valence-corrected chi connectivity index (χ3v) is 13.6. The Hall–Kier alpha value is -8.80. The molecule has 3 heterocycles. The van der Waals surface area contributed by atoms with Crippen molar-refractivity contribution in [2.24, 2.45) is 0 Å². The Bertz CT molecular complexity index is 3770. The third kappa shape index (κ3) is 7.36. The van der Waals surface area contributed by atoms with Gasteiger partial charge in [0.15, 0.2) is 17.4 Å². The molecule has 12 aromatic rings. The van der Waals surface area contributed by atoms with Crippen molar-refractivity contribution in [2.75, 3.05) is 4.90 Å². The Morgan fingerprint density at radius 3 is 1.71 bits per heavy atom. The maximum absolute atomic E-state index is 5.15. The second-order valence-corrected chi connectivity index (χ2v) is 18.1. The van der Waals surface area contributed by atoms with Gasteiger partial charge in [-0.05, 0) is 101 Å². The molecule has 0 spiro atoms. The van der Waals surface area contributed by atoms with E-state index >= 15 is 0 Å². The first-order chi connectivity index (χ1) is 34.0. The Morgan fingerprint density at radius 2 is 1.01 bits per heavy atom. The van der Waals surface area contributed by atoms with Gasteiger partial charge in [-0.25, -0.2) is 4.98 Å². The van der Waals surface area contributed by atoms with Gasteiger partial charge in [0.1, 0.15) is 17.2 Å². The number of fused-ring (bicyclic) bond motifs is 4. The molecule has 5 heteroatoms. The van der Waals surface area contributed by atoms with E-state index in [9.17, 15) is 0 Å². The van der Waals surface area contributed by atoms with Crippen LogP contribution in [-0.2, 0) is 0 Å². The fourth-order valence-electron chi connectivity index (χ4n) is 10.4. The average Bonchev–Trinajstić information content (AvgIpc) is 3.96. The van der Waals surface area contributed by atoms with Crippen molar-refractivity contribution in [3.8, 4) is 50.6 Å². The standard InChI is InChI=1S/C64H50N5/c1-44(2)53-30-17-20-45(3)63(53)48-38-39-65-62(40-48)69-58-33-14-13-29-56(58)57-37-36-52(42-61(57)69)68(64-54(46-21-7-4-8-22-46)31-19-32-55(64)47-23-9-5-10-24-47)51-28-18-27-50(41-51)67-43-66(49-25-11-6-12-26-49)59-34-15-16-35-60(59)67/h4-44H,1-3H3/q+1. The van der Waals surface area contributed by atoms with Crippen molar-refractivity contribution >= 4 is 49.9 Å². The number of hydrogen-bond donors (Lipinski definition) is 0. The molecule has 9 aromatic carbocycles. The molecule has 0 bridgehead atoms. The number of rotatable bonds is 10. The first kappa shape index (κ1) is 41.6. The van der Waals surface area contributed by atoms with E-state index in [0.717, 1.165) is 89.5 Å². The molecule has 330 valence electrons. The van der Waals surface area contributed by atoms with Crippen LogP contribution in [0.4, 0.5) is 17.1 Å². The minimum absolute atomic E-state index is 0.372. The Morgan fingerprint density at radius 1 is 0.449 bits per heavy atom. The van der Waals surface area contributed by atoms with Crippen molar-refractivity contribution < 1.29 is 0 Å². The monoisotopic (exact) mass is 888 g/mol. The summed E-state index contributed by atoms with van der Waals surface area (Å²) in [4.78, 5) is 7.62. The van der Waals surface area contributed by atoms with E-state index in [1.54, 1.807) is 0 Å². The Kier molecular flexibility index (Phi) is 10.5. The van der Waals surface area contributed by atoms with E-state index in [0.29, 0.717) is 5.92 Å². The predicted octanol–water partition coefficient (Wildman–Crippen LogP) is 17.1. The van der Waals surface area contributed by atoms with E-state index in [-0.39, 0.29) is 0 Å². The number of hydrogen-bond acceptors (Lipinski definition) is 2. The molecule has 5 nitrogen and oxygen atoms in total. The molecule has 3 aromatic heterocycles. The number of aryl methyl sites for hydroxylation is 1. The van der Waals surface area contributed by atoms with Gasteiger partial charge in [-0.15, -0.1) is 0 Å². The lowest BCUT2D eigenvalue weighted by molar-refractivity contribution is 0.867. The van der Waals surface area contributed by atoms with Gasteiger partial charge in [0.25, 0.3) is 0 Å². The lowest BCUT2D eigenvalue weighted by Gasteiger charge is -2.30. The topological polar surface area (TPSA) is 30.9 Å². The number of nitrogens with zero attached hydrogens (tertiary/aromatic N) is 5. The Labute approximate surface area is 403 Å². The maximum Gasteiger partial charge on any atom is 0.168 e. The van der Waals surface area contributed by atoms with Crippen LogP contribution in [0.15, 0.2) is 243 Å². The first-order valence-corrected chi connectivity index (χ1v) is 23.8. The van der Waals surface area contributed by atoms with Gasteiger partial charge < -0.3 is 4.90 Å². The number of pyridine rings is 1. The number of aromatic nitrogens is 4. The molecule has 0 saturated heterocycles. The highest BCUT2D eigenvalue weighted by molar-refractivity contribution is 6.11. The van der Waals surface area contributed by atoms with Gasteiger partial charge >= 0.3 is 0 Å². The highest BCUT2D eigenvalue weighted by Crippen LogP contribution is 2.48. The fraction of sp³-hybridized carbons (Fsp3) is 0.0625. The van der Waals surface area contributed by atoms with Gasteiger partial charge in [-0.2, -0.15) is 9.13 Å². The SMILES string of the molecule is Cc1cccc(C(C)C)c1-c1ccnc(-n2c3ccccc3c3ccc(N(c4cccc(-n5[cH+]n(-c6ccccc6)c6ccccc65)c4)c4c(-c5ccccc5)cccc4-c4ccccc4)cc32)c1. The summed E-state index contributed by atoms with van der Waals surface area (Å²) in [6.07, 6.45) is 4.18. The molecular weight excluding hydrogens is 839 g/mol. The summed E-state index contributed by atoms with van der Waals surface area (Å²) in [6.45, 7) is 6.77. The van der Waals surface area contributed by atoms with Crippen molar-refractivity contribution in [3.63, 3.8) is 0 Å². The van der Waals surface area contributed by atoms with Crippen LogP contribution in [0.2, 0.25) is 0 Å². The fourth-order valence-corrected chi connectivity index (χ4v) is 10.4. The zero-order valence-corrected chi connectivity index (χ0v) is 38.9. The number of benzene rings is 9. The summed E-state index contributed by atoms with van der Waals surface area (Å²) in [6, 6.07) is 83.3. The van der Waals surface area contributed by atoms with Crippen LogP contribution in [0.5, 0.6) is 0 Å². The van der Waals surface area contributed by atoms with E-state index in [2.05, 4.69) is 276 Å². The summed E-state index contributed by atoms with van der Waals surface area (Å²) in [5.41, 5.74) is 19.3. The minimum atomic E-state index is 0.372. The van der Waals surface area contributed by atoms with Crippen LogP contribution in [0.1, 0.15) is 30.9 Å². The van der Waals surface area contributed by atoms with E-state index < -0.39 is 0 Å². The van der Waals surface area contributed by atoms with Crippen LogP contribution >= 0.6 is 0 Å². The number of anilines is 3. The molecule has 0 aliphatic rings. The normalized spacial score (nSPS) is 11.5. The quantitative estimate of drug-likeness (QED) is 0.128. The van der Waals surface area contributed by atoms with Gasteiger partial charge in [-0.3, -0.25) is 4.57 Å². The summed E-state index contributed by atoms with van der Waals surface area (Å²) >= 11 is 0. The summed E-state index contributed by atoms with van der Waals surface area (Å²) < 4.78 is 6.94. The third-order valence-electron chi connectivity index (χ3n) is 13.6. The molecule has 0 atom stereocenters. The van der Waals surface area contributed by atoms with Gasteiger partial charge in [0, 0.05) is 52.0 Å². The van der Waals surface area contributed by atoms with E-state index in [4.69, 9.17) is 4.98 Å². The Balaban J connectivity index is 1.13. The van der Waals surface area contributed by atoms with Crippen LogP contribution in [-0.4, -0.2) is 18.7 Å². The van der Waals surface area contributed by atoms with E-state index in [1.807, 2.05) is 6.20 Å².